The number of benzene rings is 1. The SMILES string of the molecule is COc1ccc(CC2SC(=O)NC2=O)c2occc12. The van der Waals surface area contributed by atoms with Gasteiger partial charge >= 0.3 is 0 Å². The molecule has 1 aliphatic heterocycles. The van der Waals surface area contributed by atoms with E-state index in [4.69, 9.17) is 9.15 Å². The van der Waals surface area contributed by atoms with Crippen molar-refractivity contribution in [3.63, 3.8) is 0 Å². The Labute approximate surface area is 113 Å². The highest BCUT2D eigenvalue weighted by Gasteiger charge is 2.32. The maximum atomic E-state index is 11.6. The third-order valence-electron chi connectivity index (χ3n) is 3.05. The third-order valence-corrected chi connectivity index (χ3v) is 4.03. The Morgan fingerprint density at radius 3 is 2.89 bits per heavy atom. The molecule has 0 aliphatic carbocycles. The molecule has 5 nitrogen and oxygen atoms in total. The molecule has 1 unspecified atom stereocenters. The van der Waals surface area contributed by atoms with E-state index in [1.165, 1.54) is 0 Å². The predicted molar refractivity (Wildman–Crippen MR) is 71.4 cm³/mol. The van der Waals surface area contributed by atoms with Gasteiger partial charge in [-0.25, -0.2) is 0 Å². The number of ether oxygens (including phenoxy) is 1. The average molecular weight is 277 g/mol. The molecule has 2 amide bonds. The Morgan fingerprint density at radius 2 is 2.21 bits per heavy atom. The monoisotopic (exact) mass is 277 g/mol. The van der Waals surface area contributed by atoms with E-state index < -0.39 is 5.25 Å². The number of furan rings is 1. The highest BCUT2D eigenvalue weighted by Crippen LogP contribution is 2.32. The lowest BCUT2D eigenvalue weighted by molar-refractivity contribution is -0.118. The topological polar surface area (TPSA) is 68.5 Å². The molecule has 2 aromatic rings. The number of hydrogen-bond donors (Lipinski definition) is 1. The average Bonchev–Trinajstić information content (AvgIpc) is 2.97. The molecular formula is C13H11NO4S. The maximum Gasteiger partial charge on any atom is 0.286 e. The van der Waals surface area contributed by atoms with Gasteiger partial charge in [-0.15, -0.1) is 0 Å². The van der Waals surface area contributed by atoms with Crippen molar-refractivity contribution in [1.29, 1.82) is 0 Å². The first-order valence-electron chi connectivity index (χ1n) is 5.73. The summed E-state index contributed by atoms with van der Waals surface area (Å²) < 4.78 is 10.7. The third kappa shape index (κ3) is 2.08. The maximum absolute atomic E-state index is 11.6. The van der Waals surface area contributed by atoms with Crippen LogP contribution in [0, 0.1) is 0 Å². The molecule has 0 bridgehead atoms. The summed E-state index contributed by atoms with van der Waals surface area (Å²) in [6.07, 6.45) is 2.04. The number of carbonyl (C=O) groups is 2. The standard InChI is InChI=1S/C13H11NO4S/c1-17-9-3-2-7(11-8(9)4-5-18-11)6-10-12(15)14-13(16)19-10/h2-5,10H,6H2,1H3,(H,14,15,16). The molecule has 19 heavy (non-hydrogen) atoms. The smallest absolute Gasteiger partial charge is 0.286 e. The highest BCUT2D eigenvalue weighted by molar-refractivity contribution is 8.15. The molecule has 98 valence electrons. The first-order chi connectivity index (χ1) is 9.19. The van der Waals surface area contributed by atoms with Gasteiger partial charge < -0.3 is 9.15 Å². The lowest BCUT2D eigenvalue weighted by Crippen LogP contribution is -2.25. The molecule has 1 aromatic heterocycles. The molecule has 1 saturated heterocycles. The molecule has 1 N–H and O–H groups in total. The Bertz CT molecular complexity index is 664. The normalized spacial score (nSPS) is 18.9. The van der Waals surface area contributed by atoms with Gasteiger partial charge in [0.1, 0.15) is 11.3 Å². The van der Waals surface area contributed by atoms with Gasteiger partial charge in [-0.1, -0.05) is 17.8 Å². The minimum atomic E-state index is -0.394. The number of methoxy groups -OCH3 is 1. The van der Waals surface area contributed by atoms with Crippen molar-refractivity contribution < 1.29 is 18.7 Å². The van der Waals surface area contributed by atoms with Crippen LogP contribution in [0.2, 0.25) is 0 Å². The quantitative estimate of drug-likeness (QED) is 0.932. The molecular weight excluding hydrogens is 266 g/mol. The molecule has 0 radical (unpaired) electrons. The van der Waals surface area contributed by atoms with Crippen molar-refractivity contribution in [3.8, 4) is 5.75 Å². The van der Waals surface area contributed by atoms with Crippen LogP contribution in [0.15, 0.2) is 28.9 Å². The second-order valence-corrected chi connectivity index (χ2v) is 5.35. The second kappa shape index (κ2) is 4.62. The van der Waals surface area contributed by atoms with Crippen molar-refractivity contribution in [2.75, 3.05) is 7.11 Å². The largest absolute Gasteiger partial charge is 0.496 e. The number of amides is 2. The molecule has 0 saturated carbocycles. The summed E-state index contributed by atoms with van der Waals surface area (Å²) in [4.78, 5) is 22.7. The van der Waals surface area contributed by atoms with Crippen LogP contribution in [-0.4, -0.2) is 23.5 Å². The van der Waals surface area contributed by atoms with E-state index in [0.29, 0.717) is 12.0 Å². The molecule has 1 fully saturated rings. The van der Waals surface area contributed by atoms with Gasteiger partial charge in [-0.05, 0) is 24.1 Å². The Kier molecular flexibility index (Phi) is 2.94. The summed E-state index contributed by atoms with van der Waals surface area (Å²) in [6.45, 7) is 0. The number of thioether (sulfide) groups is 1. The minimum Gasteiger partial charge on any atom is -0.496 e. The van der Waals surface area contributed by atoms with Crippen molar-refractivity contribution >= 4 is 33.9 Å². The van der Waals surface area contributed by atoms with Crippen LogP contribution in [0.25, 0.3) is 11.0 Å². The number of fused-ring (bicyclic) bond motifs is 1. The van der Waals surface area contributed by atoms with Gasteiger partial charge in [0.05, 0.1) is 24.0 Å². The van der Waals surface area contributed by atoms with Gasteiger partial charge in [0.15, 0.2) is 0 Å². The predicted octanol–water partition coefficient (Wildman–Crippen LogP) is 2.34. The van der Waals surface area contributed by atoms with E-state index >= 15 is 0 Å². The first kappa shape index (κ1) is 12.1. The first-order valence-corrected chi connectivity index (χ1v) is 6.61. The van der Waals surface area contributed by atoms with Gasteiger partial charge in [-0.2, -0.15) is 0 Å². The fourth-order valence-corrected chi connectivity index (χ4v) is 3.01. The van der Waals surface area contributed by atoms with Crippen LogP contribution in [0.4, 0.5) is 4.79 Å². The van der Waals surface area contributed by atoms with E-state index in [2.05, 4.69) is 5.32 Å². The van der Waals surface area contributed by atoms with Crippen molar-refractivity contribution in [2.45, 2.75) is 11.7 Å². The summed E-state index contributed by atoms with van der Waals surface area (Å²) in [5.41, 5.74) is 1.59. The lowest BCUT2D eigenvalue weighted by atomic mass is 10.1. The number of hydrogen-bond acceptors (Lipinski definition) is 5. The summed E-state index contributed by atoms with van der Waals surface area (Å²) >= 11 is 1.02. The molecule has 6 heteroatoms. The van der Waals surface area contributed by atoms with Crippen LogP contribution in [0.5, 0.6) is 5.75 Å². The Balaban J connectivity index is 1.95. The molecule has 1 aliphatic rings. The fourth-order valence-electron chi connectivity index (χ4n) is 2.16. The molecule has 2 heterocycles. The summed E-state index contributed by atoms with van der Waals surface area (Å²) in [5, 5.41) is 2.46. The van der Waals surface area contributed by atoms with Crippen molar-refractivity contribution in [2.24, 2.45) is 0 Å². The van der Waals surface area contributed by atoms with Gasteiger partial charge in [-0.3, -0.25) is 14.9 Å². The number of rotatable bonds is 3. The van der Waals surface area contributed by atoms with Crippen LogP contribution >= 0.6 is 11.8 Å². The minimum absolute atomic E-state index is 0.245. The molecule has 0 spiro atoms. The second-order valence-electron chi connectivity index (χ2n) is 4.18. The fraction of sp³-hybridized carbons (Fsp3) is 0.231. The van der Waals surface area contributed by atoms with Crippen molar-refractivity contribution in [3.05, 3.63) is 30.0 Å². The Morgan fingerprint density at radius 1 is 1.37 bits per heavy atom. The van der Waals surface area contributed by atoms with Crippen LogP contribution < -0.4 is 10.1 Å². The van der Waals surface area contributed by atoms with Gasteiger partial charge in [0.2, 0.25) is 5.91 Å². The van der Waals surface area contributed by atoms with E-state index in [-0.39, 0.29) is 11.1 Å². The van der Waals surface area contributed by atoms with E-state index in [1.54, 1.807) is 13.4 Å². The summed E-state index contributed by atoms with van der Waals surface area (Å²) in [6, 6.07) is 5.53. The zero-order valence-electron chi connectivity index (χ0n) is 10.1. The van der Waals surface area contributed by atoms with Crippen LogP contribution in [0.1, 0.15) is 5.56 Å². The lowest BCUT2D eigenvalue weighted by Gasteiger charge is -2.08. The van der Waals surface area contributed by atoms with Gasteiger partial charge in [0, 0.05) is 0 Å². The van der Waals surface area contributed by atoms with Crippen molar-refractivity contribution in [1.82, 2.24) is 5.32 Å². The highest BCUT2D eigenvalue weighted by atomic mass is 32.2. The van der Waals surface area contributed by atoms with Gasteiger partial charge in [0.25, 0.3) is 5.24 Å². The van der Waals surface area contributed by atoms with E-state index in [1.807, 2.05) is 18.2 Å². The molecule has 1 atom stereocenters. The molecule has 1 aromatic carbocycles. The van der Waals surface area contributed by atoms with Crippen LogP contribution in [-0.2, 0) is 11.2 Å². The summed E-state index contributed by atoms with van der Waals surface area (Å²) in [7, 11) is 1.60. The summed E-state index contributed by atoms with van der Waals surface area (Å²) in [5.74, 6) is 0.484. The molecule has 3 rings (SSSR count). The number of nitrogens with one attached hydrogen (secondary N) is 1. The Hall–Kier alpha value is -1.95. The van der Waals surface area contributed by atoms with E-state index in [0.717, 1.165) is 28.5 Å². The zero-order chi connectivity index (χ0) is 13.4. The van der Waals surface area contributed by atoms with E-state index in [9.17, 15) is 9.59 Å². The number of carbonyl (C=O) groups excluding carboxylic acids is 2. The zero-order valence-corrected chi connectivity index (χ0v) is 11.0. The number of imide groups is 1. The van der Waals surface area contributed by atoms with Crippen LogP contribution in [0.3, 0.4) is 0 Å².